The summed E-state index contributed by atoms with van der Waals surface area (Å²) in [5, 5.41) is 2.95. The van der Waals surface area contributed by atoms with Gasteiger partial charge in [-0.15, -0.1) is 0 Å². The molecule has 0 fully saturated rings. The van der Waals surface area contributed by atoms with Crippen LogP contribution in [0.2, 0.25) is 0 Å². The number of nitrogens with one attached hydrogen (secondary N) is 1. The molecule has 0 aliphatic carbocycles. The lowest BCUT2D eigenvalue weighted by atomic mass is 10.0. The first-order valence-electron chi connectivity index (χ1n) is 11.6. The molecule has 2 amide bonds. The second-order valence-electron chi connectivity index (χ2n) is 8.70. The molecule has 0 aliphatic rings. The molecule has 0 heterocycles. The zero-order chi connectivity index (χ0) is 25.2. The number of nitrogens with zero attached hydrogens (tertiary/aromatic N) is 1. The van der Waals surface area contributed by atoms with Gasteiger partial charge < -0.3 is 15.0 Å². The van der Waals surface area contributed by atoms with Gasteiger partial charge in [0, 0.05) is 29.5 Å². The van der Waals surface area contributed by atoms with Crippen molar-refractivity contribution in [3.05, 3.63) is 100 Å². The highest BCUT2D eigenvalue weighted by Gasteiger charge is 2.31. The number of halogens is 2. The first-order valence-corrected chi connectivity index (χ1v) is 12.4. The molecule has 0 saturated heterocycles. The molecule has 184 valence electrons. The molecule has 0 saturated carbocycles. The monoisotopic (exact) mass is 540 g/mol. The van der Waals surface area contributed by atoms with Gasteiger partial charge in [0.15, 0.2) is 6.61 Å². The van der Waals surface area contributed by atoms with E-state index in [1.807, 2.05) is 56.3 Å². The summed E-state index contributed by atoms with van der Waals surface area (Å²) < 4.78 is 21.2. The summed E-state index contributed by atoms with van der Waals surface area (Å²) in [6.45, 7) is 4.14. The standard InChI is InChI=1S/C28H30BrFN2O3/c1-20(2)17-31-28(34)26(16-21-8-4-3-5-9-21)32(18-22-10-6-7-11-25(22)30)27(33)19-35-24-14-12-23(29)13-15-24/h3-15,20,26H,16-19H2,1-2H3,(H,31,34)/t26-/m0/s1. The predicted molar refractivity (Wildman–Crippen MR) is 138 cm³/mol. The summed E-state index contributed by atoms with van der Waals surface area (Å²) in [4.78, 5) is 28.2. The van der Waals surface area contributed by atoms with Crippen LogP contribution in [0, 0.1) is 11.7 Å². The van der Waals surface area contributed by atoms with Crippen LogP contribution in [0.4, 0.5) is 4.39 Å². The Morgan fingerprint density at radius 3 is 2.29 bits per heavy atom. The van der Waals surface area contributed by atoms with E-state index in [0.29, 0.717) is 24.3 Å². The van der Waals surface area contributed by atoms with Crippen molar-refractivity contribution in [3.63, 3.8) is 0 Å². The number of carbonyl (C=O) groups excluding carboxylic acids is 2. The van der Waals surface area contributed by atoms with Crippen LogP contribution >= 0.6 is 15.9 Å². The Hall–Kier alpha value is -3.19. The molecule has 3 rings (SSSR count). The van der Waals surface area contributed by atoms with E-state index in [4.69, 9.17) is 4.74 Å². The van der Waals surface area contributed by atoms with Crippen LogP contribution in [0.15, 0.2) is 83.3 Å². The molecule has 0 radical (unpaired) electrons. The maximum atomic E-state index is 14.6. The molecule has 1 atom stereocenters. The van der Waals surface area contributed by atoms with E-state index >= 15 is 0 Å². The highest BCUT2D eigenvalue weighted by molar-refractivity contribution is 9.10. The van der Waals surface area contributed by atoms with Gasteiger partial charge >= 0.3 is 0 Å². The Labute approximate surface area is 214 Å². The van der Waals surface area contributed by atoms with Gasteiger partial charge in [0.2, 0.25) is 5.91 Å². The van der Waals surface area contributed by atoms with Gasteiger partial charge in [0.05, 0.1) is 0 Å². The van der Waals surface area contributed by atoms with Crippen molar-refractivity contribution in [2.24, 2.45) is 5.92 Å². The van der Waals surface area contributed by atoms with Crippen LogP contribution in [0.1, 0.15) is 25.0 Å². The minimum absolute atomic E-state index is 0.0538. The second kappa shape index (κ2) is 13.0. The summed E-state index contributed by atoms with van der Waals surface area (Å²) in [6.07, 6.45) is 0.295. The Balaban J connectivity index is 1.90. The second-order valence-corrected chi connectivity index (χ2v) is 9.62. The fraction of sp³-hybridized carbons (Fsp3) is 0.286. The fourth-order valence-electron chi connectivity index (χ4n) is 3.55. The average molecular weight is 541 g/mol. The molecular formula is C28H30BrFN2O3. The number of hydrogen-bond donors (Lipinski definition) is 1. The summed E-state index contributed by atoms with van der Waals surface area (Å²) >= 11 is 3.37. The van der Waals surface area contributed by atoms with E-state index in [-0.39, 0.29) is 25.0 Å². The normalized spacial score (nSPS) is 11.7. The Morgan fingerprint density at radius 2 is 1.63 bits per heavy atom. The maximum Gasteiger partial charge on any atom is 0.261 e. The van der Waals surface area contributed by atoms with E-state index in [1.54, 1.807) is 30.3 Å². The highest BCUT2D eigenvalue weighted by atomic mass is 79.9. The van der Waals surface area contributed by atoms with Crippen LogP contribution in [-0.2, 0) is 22.6 Å². The lowest BCUT2D eigenvalue weighted by molar-refractivity contribution is -0.142. The van der Waals surface area contributed by atoms with E-state index in [0.717, 1.165) is 10.0 Å². The van der Waals surface area contributed by atoms with Crippen molar-refractivity contribution in [3.8, 4) is 5.75 Å². The van der Waals surface area contributed by atoms with E-state index in [9.17, 15) is 14.0 Å². The van der Waals surface area contributed by atoms with E-state index < -0.39 is 17.8 Å². The van der Waals surface area contributed by atoms with Gasteiger partial charge in [-0.2, -0.15) is 0 Å². The number of rotatable bonds is 11. The first kappa shape index (κ1) is 26.4. The minimum Gasteiger partial charge on any atom is -0.484 e. The summed E-state index contributed by atoms with van der Waals surface area (Å²) in [5.41, 5.74) is 1.23. The molecule has 1 N–H and O–H groups in total. The summed E-state index contributed by atoms with van der Waals surface area (Å²) in [7, 11) is 0. The molecule has 0 bridgehead atoms. The Bertz CT molecular complexity index is 1110. The van der Waals surface area contributed by atoms with Crippen molar-refractivity contribution in [2.75, 3.05) is 13.2 Å². The Morgan fingerprint density at radius 1 is 0.971 bits per heavy atom. The topological polar surface area (TPSA) is 58.6 Å². The number of benzene rings is 3. The van der Waals surface area contributed by atoms with Crippen LogP contribution in [0.5, 0.6) is 5.75 Å². The molecular weight excluding hydrogens is 511 g/mol. The van der Waals surface area contributed by atoms with Crippen LogP contribution < -0.4 is 10.1 Å². The van der Waals surface area contributed by atoms with Crippen molar-refractivity contribution in [2.45, 2.75) is 32.9 Å². The molecule has 35 heavy (non-hydrogen) atoms. The number of hydrogen-bond acceptors (Lipinski definition) is 3. The zero-order valence-electron chi connectivity index (χ0n) is 19.9. The highest BCUT2D eigenvalue weighted by Crippen LogP contribution is 2.19. The van der Waals surface area contributed by atoms with Crippen molar-refractivity contribution >= 4 is 27.7 Å². The lowest BCUT2D eigenvalue weighted by Crippen LogP contribution is -2.52. The third-order valence-corrected chi connectivity index (χ3v) is 5.96. The molecule has 3 aromatic carbocycles. The fourth-order valence-corrected chi connectivity index (χ4v) is 3.81. The quantitative estimate of drug-likeness (QED) is 0.355. The average Bonchev–Trinajstić information content (AvgIpc) is 2.85. The van der Waals surface area contributed by atoms with Crippen LogP contribution in [0.3, 0.4) is 0 Å². The van der Waals surface area contributed by atoms with Gasteiger partial charge in [-0.1, -0.05) is 78.3 Å². The van der Waals surface area contributed by atoms with Crippen LogP contribution in [-0.4, -0.2) is 35.9 Å². The largest absolute Gasteiger partial charge is 0.484 e. The molecule has 7 heteroatoms. The van der Waals surface area contributed by atoms with Gasteiger partial charge in [-0.25, -0.2) is 4.39 Å². The molecule has 3 aromatic rings. The Kier molecular flexibility index (Phi) is 9.85. The molecule has 0 spiro atoms. The van der Waals surface area contributed by atoms with E-state index in [2.05, 4.69) is 21.2 Å². The third kappa shape index (κ3) is 8.21. The van der Waals surface area contributed by atoms with E-state index in [1.165, 1.54) is 11.0 Å². The number of ether oxygens (including phenoxy) is 1. The number of amides is 2. The van der Waals surface area contributed by atoms with Crippen molar-refractivity contribution in [1.82, 2.24) is 10.2 Å². The minimum atomic E-state index is -0.836. The number of carbonyl (C=O) groups is 2. The summed E-state index contributed by atoms with van der Waals surface area (Å²) in [6, 6.07) is 22.0. The molecule has 0 aliphatic heterocycles. The van der Waals surface area contributed by atoms with Crippen molar-refractivity contribution < 1.29 is 18.7 Å². The summed E-state index contributed by atoms with van der Waals surface area (Å²) in [5.74, 6) is -0.350. The zero-order valence-corrected chi connectivity index (χ0v) is 21.5. The molecule has 0 aromatic heterocycles. The van der Waals surface area contributed by atoms with Gasteiger partial charge in [0.25, 0.3) is 5.91 Å². The third-order valence-electron chi connectivity index (χ3n) is 5.43. The van der Waals surface area contributed by atoms with Gasteiger partial charge in [-0.3, -0.25) is 9.59 Å². The van der Waals surface area contributed by atoms with Gasteiger partial charge in [0.1, 0.15) is 17.6 Å². The van der Waals surface area contributed by atoms with Gasteiger partial charge in [-0.05, 0) is 41.8 Å². The maximum absolute atomic E-state index is 14.6. The van der Waals surface area contributed by atoms with Crippen molar-refractivity contribution in [1.29, 1.82) is 0 Å². The first-order chi connectivity index (χ1) is 16.8. The predicted octanol–water partition coefficient (Wildman–Crippen LogP) is 5.38. The SMILES string of the molecule is CC(C)CNC(=O)[C@H](Cc1ccccc1)N(Cc1ccccc1F)C(=O)COc1ccc(Br)cc1. The molecule has 5 nitrogen and oxygen atoms in total. The van der Waals surface area contributed by atoms with Crippen LogP contribution in [0.25, 0.3) is 0 Å². The molecule has 0 unspecified atom stereocenters. The lowest BCUT2D eigenvalue weighted by Gasteiger charge is -2.31. The smallest absolute Gasteiger partial charge is 0.261 e.